The van der Waals surface area contributed by atoms with E-state index < -0.39 is 0 Å². The molecule has 1 aromatic heterocycles. The standard InChI is InChI=1S/C21H20FN3/c1-14-5-4-6-19(15(14)2)16(3)21-24-9-10-25(21)13-18-11-17(12-23)7-8-20(18)22/h4-11,16H,13H2,1-3H3/t16-/m0/s1. The van der Waals surface area contributed by atoms with E-state index in [1.807, 2.05) is 10.8 Å². The summed E-state index contributed by atoms with van der Waals surface area (Å²) in [5, 5.41) is 9.04. The summed E-state index contributed by atoms with van der Waals surface area (Å²) in [5.41, 5.74) is 4.67. The Balaban J connectivity index is 1.96. The van der Waals surface area contributed by atoms with Gasteiger partial charge < -0.3 is 4.57 Å². The highest BCUT2D eigenvalue weighted by Crippen LogP contribution is 2.28. The molecule has 0 aliphatic rings. The van der Waals surface area contributed by atoms with Crippen LogP contribution in [0.3, 0.4) is 0 Å². The maximum Gasteiger partial charge on any atom is 0.128 e. The maximum atomic E-state index is 14.1. The van der Waals surface area contributed by atoms with Crippen molar-refractivity contribution in [1.29, 1.82) is 5.26 Å². The van der Waals surface area contributed by atoms with E-state index in [2.05, 4.69) is 50.0 Å². The van der Waals surface area contributed by atoms with Crippen LogP contribution in [0, 0.1) is 31.0 Å². The lowest BCUT2D eigenvalue weighted by atomic mass is 9.93. The van der Waals surface area contributed by atoms with Gasteiger partial charge in [0.1, 0.15) is 11.6 Å². The van der Waals surface area contributed by atoms with Gasteiger partial charge in [0.2, 0.25) is 0 Å². The van der Waals surface area contributed by atoms with Crippen LogP contribution in [0.4, 0.5) is 4.39 Å². The molecule has 1 heterocycles. The van der Waals surface area contributed by atoms with Crippen LogP contribution in [-0.4, -0.2) is 9.55 Å². The Morgan fingerprint density at radius 1 is 1.24 bits per heavy atom. The summed E-state index contributed by atoms with van der Waals surface area (Å²) in [4.78, 5) is 4.51. The molecular weight excluding hydrogens is 313 g/mol. The molecule has 4 heteroatoms. The number of aryl methyl sites for hydroxylation is 1. The van der Waals surface area contributed by atoms with Gasteiger partial charge in [-0.3, -0.25) is 0 Å². The smallest absolute Gasteiger partial charge is 0.128 e. The van der Waals surface area contributed by atoms with Gasteiger partial charge in [-0.1, -0.05) is 25.1 Å². The van der Waals surface area contributed by atoms with Gasteiger partial charge in [0.15, 0.2) is 0 Å². The van der Waals surface area contributed by atoms with Crippen LogP contribution in [0.15, 0.2) is 48.8 Å². The molecule has 0 saturated carbocycles. The second kappa shape index (κ2) is 6.90. The van der Waals surface area contributed by atoms with E-state index in [1.165, 1.54) is 28.8 Å². The van der Waals surface area contributed by atoms with Crippen molar-refractivity contribution in [3.05, 3.63) is 88.3 Å². The SMILES string of the molecule is Cc1cccc([C@H](C)c2nccn2Cc2cc(C#N)ccc2F)c1C. The van der Waals surface area contributed by atoms with E-state index in [1.54, 1.807) is 12.3 Å². The highest BCUT2D eigenvalue weighted by Gasteiger charge is 2.17. The highest BCUT2D eigenvalue weighted by atomic mass is 19.1. The van der Waals surface area contributed by atoms with Crippen LogP contribution in [0.5, 0.6) is 0 Å². The molecule has 0 spiro atoms. The Kier molecular flexibility index (Phi) is 4.67. The molecule has 3 aromatic rings. The van der Waals surface area contributed by atoms with Gasteiger partial charge in [-0.05, 0) is 48.7 Å². The number of aromatic nitrogens is 2. The summed E-state index contributed by atoms with van der Waals surface area (Å²) < 4.78 is 16.1. The first-order chi connectivity index (χ1) is 12.0. The van der Waals surface area contributed by atoms with Gasteiger partial charge >= 0.3 is 0 Å². The van der Waals surface area contributed by atoms with Crippen LogP contribution >= 0.6 is 0 Å². The van der Waals surface area contributed by atoms with Gasteiger partial charge in [-0.25, -0.2) is 9.37 Å². The van der Waals surface area contributed by atoms with E-state index in [0.717, 1.165) is 5.82 Å². The molecule has 0 saturated heterocycles. The molecule has 3 rings (SSSR count). The average molecular weight is 333 g/mol. The van der Waals surface area contributed by atoms with Crippen LogP contribution < -0.4 is 0 Å². The molecule has 0 amide bonds. The number of halogens is 1. The molecule has 3 nitrogen and oxygen atoms in total. The van der Waals surface area contributed by atoms with Crippen LogP contribution in [0.2, 0.25) is 0 Å². The number of hydrogen-bond donors (Lipinski definition) is 0. The monoisotopic (exact) mass is 333 g/mol. The Morgan fingerprint density at radius 2 is 2.04 bits per heavy atom. The molecule has 0 unspecified atom stereocenters. The molecule has 0 aliphatic heterocycles. The Labute approximate surface area is 147 Å². The number of nitrogens with zero attached hydrogens (tertiary/aromatic N) is 3. The highest BCUT2D eigenvalue weighted by molar-refractivity contribution is 5.38. The third-order valence-corrected chi connectivity index (χ3v) is 4.76. The molecule has 0 bridgehead atoms. The summed E-state index contributed by atoms with van der Waals surface area (Å²) in [6.07, 6.45) is 3.60. The van der Waals surface area contributed by atoms with Crippen LogP contribution in [0.25, 0.3) is 0 Å². The average Bonchev–Trinajstić information content (AvgIpc) is 3.07. The van der Waals surface area contributed by atoms with Gasteiger partial charge in [0.05, 0.1) is 18.2 Å². The minimum absolute atomic E-state index is 0.0945. The minimum Gasteiger partial charge on any atom is -0.330 e. The second-order valence-corrected chi connectivity index (χ2v) is 6.34. The number of imidazole rings is 1. The quantitative estimate of drug-likeness (QED) is 0.694. The van der Waals surface area contributed by atoms with Crippen molar-refractivity contribution >= 4 is 0 Å². The largest absolute Gasteiger partial charge is 0.330 e. The zero-order valence-electron chi connectivity index (χ0n) is 14.6. The number of benzene rings is 2. The fourth-order valence-corrected chi connectivity index (χ4v) is 3.17. The predicted octanol–water partition coefficient (Wildman–Crippen LogP) is 4.71. The van der Waals surface area contributed by atoms with Gasteiger partial charge in [-0.2, -0.15) is 5.26 Å². The van der Waals surface area contributed by atoms with E-state index in [9.17, 15) is 4.39 Å². The van der Waals surface area contributed by atoms with Crippen molar-refractivity contribution in [2.75, 3.05) is 0 Å². The molecule has 0 radical (unpaired) electrons. The van der Waals surface area contributed by atoms with E-state index in [-0.39, 0.29) is 11.7 Å². The lowest BCUT2D eigenvalue weighted by molar-refractivity contribution is 0.590. The topological polar surface area (TPSA) is 41.6 Å². The summed E-state index contributed by atoms with van der Waals surface area (Å²) in [6.45, 7) is 6.68. The Hall–Kier alpha value is -2.93. The van der Waals surface area contributed by atoms with Crippen molar-refractivity contribution in [2.45, 2.75) is 33.2 Å². The third kappa shape index (κ3) is 3.32. The van der Waals surface area contributed by atoms with Crippen molar-refractivity contribution in [1.82, 2.24) is 9.55 Å². The lowest BCUT2D eigenvalue weighted by Crippen LogP contribution is -2.11. The first-order valence-corrected chi connectivity index (χ1v) is 8.27. The molecule has 126 valence electrons. The van der Waals surface area contributed by atoms with Gasteiger partial charge in [0.25, 0.3) is 0 Å². The fourth-order valence-electron chi connectivity index (χ4n) is 3.17. The van der Waals surface area contributed by atoms with Crippen molar-refractivity contribution in [2.24, 2.45) is 0 Å². The fraction of sp³-hybridized carbons (Fsp3) is 0.238. The molecular formula is C21H20FN3. The van der Waals surface area contributed by atoms with Crippen molar-refractivity contribution < 1.29 is 4.39 Å². The van der Waals surface area contributed by atoms with Crippen LogP contribution in [0.1, 0.15) is 46.5 Å². The van der Waals surface area contributed by atoms with E-state index in [4.69, 9.17) is 5.26 Å². The normalized spacial score (nSPS) is 12.0. The van der Waals surface area contributed by atoms with Gasteiger partial charge in [-0.15, -0.1) is 0 Å². The predicted molar refractivity (Wildman–Crippen MR) is 95.9 cm³/mol. The van der Waals surface area contributed by atoms with Crippen molar-refractivity contribution in [3.63, 3.8) is 0 Å². The summed E-state index contributed by atoms with van der Waals surface area (Å²) in [6, 6.07) is 12.8. The Morgan fingerprint density at radius 3 is 2.80 bits per heavy atom. The second-order valence-electron chi connectivity index (χ2n) is 6.34. The molecule has 25 heavy (non-hydrogen) atoms. The van der Waals surface area contributed by atoms with E-state index in [0.29, 0.717) is 17.7 Å². The number of nitriles is 1. The van der Waals surface area contributed by atoms with E-state index >= 15 is 0 Å². The third-order valence-electron chi connectivity index (χ3n) is 4.76. The number of rotatable bonds is 4. The Bertz CT molecular complexity index is 950. The lowest BCUT2D eigenvalue weighted by Gasteiger charge is -2.18. The van der Waals surface area contributed by atoms with Crippen molar-refractivity contribution in [3.8, 4) is 6.07 Å². The first kappa shape index (κ1) is 16.9. The van der Waals surface area contributed by atoms with Gasteiger partial charge in [0, 0.05) is 23.9 Å². The minimum atomic E-state index is -0.307. The van der Waals surface area contributed by atoms with Crippen LogP contribution in [-0.2, 0) is 6.54 Å². The first-order valence-electron chi connectivity index (χ1n) is 8.27. The summed E-state index contributed by atoms with van der Waals surface area (Å²) >= 11 is 0. The molecule has 0 N–H and O–H groups in total. The summed E-state index contributed by atoms with van der Waals surface area (Å²) in [5.74, 6) is 0.672. The molecule has 0 aliphatic carbocycles. The molecule has 0 fully saturated rings. The number of hydrogen-bond acceptors (Lipinski definition) is 2. The molecule has 2 aromatic carbocycles. The zero-order valence-corrected chi connectivity index (χ0v) is 14.6. The zero-order chi connectivity index (χ0) is 18.0. The maximum absolute atomic E-state index is 14.1. The molecule has 1 atom stereocenters. The summed E-state index contributed by atoms with van der Waals surface area (Å²) in [7, 11) is 0.